The topological polar surface area (TPSA) is 64.7 Å². The highest BCUT2D eigenvalue weighted by molar-refractivity contribution is 7.98. The van der Waals surface area contributed by atoms with Crippen molar-refractivity contribution >= 4 is 17.7 Å². The zero-order chi connectivity index (χ0) is 20.9. The second-order valence-corrected chi connectivity index (χ2v) is 7.55. The third kappa shape index (κ3) is 4.44. The van der Waals surface area contributed by atoms with Crippen molar-refractivity contribution in [1.29, 1.82) is 0 Å². The Morgan fingerprint density at radius 3 is 2.53 bits per heavy atom. The minimum Gasteiger partial charge on any atom is -0.346 e. The maximum Gasteiger partial charge on any atom is 0.276 e. The summed E-state index contributed by atoms with van der Waals surface area (Å²) in [6.45, 7) is 0.678. The van der Waals surface area contributed by atoms with E-state index in [-0.39, 0.29) is 17.4 Å². The standard InChI is InChI=1S/C22H20FN5OS/c1-30-19-9-7-16(8-10-19)14-24-21(29)20-22(27-11-2-3-12-27)28(26-25-20)15-17-5-4-6-18(23)13-17/h2-13H,14-15H2,1H3,(H,24,29). The summed E-state index contributed by atoms with van der Waals surface area (Å²) in [7, 11) is 0. The third-order valence-corrected chi connectivity index (χ3v) is 5.35. The largest absolute Gasteiger partial charge is 0.346 e. The lowest BCUT2D eigenvalue weighted by Crippen LogP contribution is -2.25. The molecule has 4 rings (SSSR count). The van der Waals surface area contributed by atoms with Crippen molar-refractivity contribution < 1.29 is 9.18 Å². The summed E-state index contributed by atoms with van der Waals surface area (Å²) in [6.07, 6.45) is 5.66. The maximum absolute atomic E-state index is 13.6. The Balaban J connectivity index is 1.57. The number of carbonyl (C=O) groups is 1. The van der Waals surface area contributed by atoms with Gasteiger partial charge in [0.2, 0.25) is 0 Å². The van der Waals surface area contributed by atoms with Gasteiger partial charge >= 0.3 is 0 Å². The fourth-order valence-corrected chi connectivity index (χ4v) is 3.52. The first-order valence-electron chi connectivity index (χ1n) is 9.36. The molecule has 0 spiro atoms. The van der Waals surface area contributed by atoms with Crippen LogP contribution in [0.5, 0.6) is 0 Å². The third-order valence-electron chi connectivity index (χ3n) is 4.61. The van der Waals surface area contributed by atoms with Gasteiger partial charge in [-0.2, -0.15) is 0 Å². The highest BCUT2D eigenvalue weighted by atomic mass is 32.2. The number of thioether (sulfide) groups is 1. The molecule has 2 aromatic carbocycles. The highest BCUT2D eigenvalue weighted by Gasteiger charge is 2.21. The number of rotatable bonds is 7. The Morgan fingerprint density at radius 2 is 1.83 bits per heavy atom. The van der Waals surface area contributed by atoms with Crippen molar-refractivity contribution in [3.05, 3.63) is 95.7 Å². The van der Waals surface area contributed by atoms with Gasteiger partial charge in [0.1, 0.15) is 5.82 Å². The van der Waals surface area contributed by atoms with Gasteiger partial charge in [-0.15, -0.1) is 16.9 Å². The zero-order valence-electron chi connectivity index (χ0n) is 16.3. The minimum absolute atomic E-state index is 0.211. The molecule has 0 atom stereocenters. The first-order valence-corrected chi connectivity index (χ1v) is 10.6. The van der Waals surface area contributed by atoms with Gasteiger partial charge in [0.05, 0.1) is 6.54 Å². The molecule has 0 saturated heterocycles. The smallest absolute Gasteiger partial charge is 0.276 e. The molecule has 4 aromatic rings. The Bertz CT molecular complexity index is 1140. The summed E-state index contributed by atoms with van der Waals surface area (Å²) in [5, 5.41) is 11.2. The van der Waals surface area contributed by atoms with Crippen molar-refractivity contribution in [2.45, 2.75) is 18.0 Å². The van der Waals surface area contributed by atoms with Gasteiger partial charge in [0.25, 0.3) is 5.91 Å². The van der Waals surface area contributed by atoms with Crippen LogP contribution in [0.2, 0.25) is 0 Å². The van der Waals surface area contributed by atoms with Crippen molar-refractivity contribution in [3.63, 3.8) is 0 Å². The number of aromatic nitrogens is 4. The first kappa shape index (κ1) is 19.9. The van der Waals surface area contributed by atoms with Crippen LogP contribution in [0.1, 0.15) is 21.6 Å². The monoisotopic (exact) mass is 421 g/mol. The predicted molar refractivity (Wildman–Crippen MR) is 114 cm³/mol. The summed E-state index contributed by atoms with van der Waals surface area (Å²) in [5.74, 6) is -0.113. The number of halogens is 1. The van der Waals surface area contributed by atoms with Gasteiger partial charge in [-0.3, -0.25) is 4.79 Å². The number of hydrogen-bond donors (Lipinski definition) is 1. The fourth-order valence-electron chi connectivity index (χ4n) is 3.11. The van der Waals surface area contributed by atoms with Crippen LogP contribution in [0.25, 0.3) is 5.82 Å². The van der Waals surface area contributed by atoms with Crippen LogP contribution in [0.4, 0.5) is 4.39 Å². The van der Waals surface area contributed by atoms with Gasteiger partial charge in [0.15, 0.2) is 11.5 Å². The molecule has 1 N–H and O–H groups in total. The van der Waals surface area contributed by atoms with E-state index in [1.807, 2.05) is 61.1 Å². The summed E-state index contributed by atoms with van der Waals surface area (Å²) < 4.78 is 16.9. The van der Waals surface area contributed by atoms with Crippen molar-refractivity contribution in [2.24, 2.45) is 0 Å². The molecule has 0 aliphatic carbocycles. The Kier molecular flexibility index (Phi) is 5.94. The van der Waals surface area contributed by atoms with Crippen LogP contribution in [-0.4, -0.2) is 31.7 Å². The van der Waals surface area contributed by atoms with E-state index in [9.17, 15) is 9.18 Å². The summed E-state index contributed by atoms with van der Waals surface area (Å²) in [4.78, 5) is 14.0. The fraction of sp³-hybridized carbons (Fsp3) is 0.136. The molecule has 0 saturated carbocycles. The number of benzene rings is 2. The van der Waals surface area contributed by atoms with E-state index >= 15 is 0 Å². The molecular weight excluding hydrogens is 401 g/mol. The van der Waals surface area contributed by atoms with Gasteiger partial charge in [0, 0.05) is 23.8 Å². The second kappa shape index (κ2) is 8.96. The second-order valence-electron chi connectivity index (χ2n) is 6.67. The van der Waals surface area contributed by atoms with Gasteiger partial charge in [-0.25, -0.2) is 9.07 Å². The van der Waals surface area contributed by atoms with E-state index in [2.05, 4.69) is 15.6 Å². The molecule has 30 heavy (non-hydrogen) atoms. The molecular formula is C22H20FN5OS. The van der Waals surface area contributed by atoms with E-state index in [1.54, 1.807) is 27.1 Å². The maximum atomic E-state index is 13.6. The molecule has 0 bridgehead atoms. The molecule has 0 aliphatic rings. The lowest BCUT2D eigenvalue weighted by atomic mass is 10.2. The lowest BCUT2D eigenvalue weighted by molar-refractivity contribution is 0.0946. The van der Waals surface area contributed by atoms with Crippen LogP contribution < -0.4 is 5.32 Å². The van der Waals surface area contributed by atoms with E-state index in [1.165, 1.54) is 17.0 Å². The molecule has 1 amide bonds. The molecule has 2 aromatic heterocycles. The Morgan fingerprint density at radius 1 is 1.07 bits per heavy atom. The van der Waals surface area contributed by atoms with Crippen molar-refractivity contribution in [2.75, 3.05) is 6.26 Å². The predicted octanol–water partition coefficient (Wildman–Crippen LogP) is 3.91. The number of amides is 1. The normalized spacial score (nSPS) is 10.9. The van der Waals surface area contributed by atoms with Gasteiger partial charge in [-0.05, 0) is 53.8 Å². The van der Waals surface area contributed by atoms with E-state index in [0.717, 1.165) is 11.1 Å². The molecule has 152 valence electrons. The van der Waals surface area contributed by atoms with Crippen LogP contribution in [0, 0.1) is 5.82 Å². The molecule has 0 fully saturated rings. The first-order chi connectivity index (χ1) is 14.6. The summed E-state index contributed by atoms with van der Waals surface area (Å²) in [5.41, 5.74) is 1.94. The SMILES string of the molecule is CSc1ccc(CNC(=O)c2nnn(Cc3cccc(F)c3)c2-n2cccc2)cc1. The van der Waals surface area contributed by atoms with Crippen LogP contribution >= 0.6 is 11.8 Å². The van der Waals surface area contributed by atoms with Gasteiger partial charge in [-0.1, -0.05) is 29.5 Å². The van der Waals surface area contributed by atoms with Crippen LogP contribution in [0.3, 0.4) is 0 Å². The van der Waals surface area contributed by atoms with E-state index in [4.69, 9.17) is 0 Å². The Labute approximate surface area is 177 Å². The van der Waals surface area contributed by atoms with E-state index < -0.39 is 0 Å². The van der Waals surface area contributed by atoms with E-state index in [0.29, 0.717) is 18.9 Å². The zero-order valence-corrected chi connectivity index (χ0v) is 17.1. The summed E-state index contributed by atoms with van der Waals surface area (Å²) >= 11 is 1.67. The average Bonchev–Trinajstić information content (AvgIpc) is 3.42. The molecule has 0 unspecified atom stereocenters. The Hall–Kier alpha value is -3.39. The van der Waals surface area contributed by atoms with Crippen LogP contribution in [0.15, 0.2) is 78.0 Å². The highest BCUT2D eigenvalue weighted by Crippen LogP contribution is 2.17. The number of nitrogens with zero attached hydrogens (tertiary/aromatic N) is 4. The molecule has 0 aliphatic heterocycles. The van der Waals surface area contributed by atoms with Gasteiger partial charge < -0.3 is 9.88 Å². The molecule has 8 heteroatoms. The molecule has 0 radical (unpaired) electrons. The number of carbonyl (C=O) groups excluding carboxylic acids is 1. The van der Waals surface area contributed by atoms with Crippen LogP contribution in [-0.2, 0) is 13.1 Å². The minimum atomic E-state index is -0.321. The van der Waals surface area contributed by atoms with Crippen molar-refractivity contribution in [3.8, 4) is 5.82 Å². The van der Waals surface area contributed by atoms with Crippen molar-refractivity contribution in [1.82, 2.24) is 24.9 Å². The summed E-state index contributed by atoms with van der Waals surface area (Å²) in [6, 6.07) is 18.0. The lowest BCUT2D eigenvalue weighted by Gasteiger charge is -2.10. The number of nitrogens with one attached hydrogen (secondary N) is 1. The number of hydrogen-bond acceptors (Lipinski definition) is 4. The molecule has 6 nitrogen and oxygen atoms in total. The average molecular weight is 422 g/mol. The quantitative estimate of drug-likeness (QED) is 0.460. The molecule has 2 heterocycles.